The van der Waals surface area contributed by atoms with Gasteiger partial charge in [0.15, 0.2) is 11.5 Å². The number of hydrogen-bond donors (Lipinski definition) is 1. The van der Waals surface area contributed by atoms with Crippen molar-refractivity contribution in [3.63, 3.8) is 0 Å². The molecule has 0 aliphatic heterocycles. The highest BCUT2D eigenvalue weighted by molar-refractivity contribution is 6.54. The number of hydrogen-bond acceptors (Lipinski definition) is 4. The summed E-state index contributed by atoms with van der Waals surface area (Å²) in [5.41, 5.74) is 1.02. The Morgan fingerprint density at radius 1 is 1.53 bits per heavy atom. The van der Waals surface area contributed by atoms with Crippen LogP contribution >= 0.6 is 0 Å². The number of phenols is 1. The van der Waals surface area contributed by atoms with Gasteiger partial charge in [-0.2, -0.15) is 0 Å². The van der Waals surface area contributed by atoms with Gasteiger partial charge in [-0.15, -0.1) is 6.58 Å². The van der Waals surface area contributed by atoms with E-state index in [2.05, 4.69) is 21.2 Å². The summed E-state index contributed by atoms with van der Waals surface area (Å²) >= 11 is 0. The van der Waals surface area contributed by atoms with E-state index in [-0.39, 0.29) is 25.5 Å². The van der Waals surface area contributed by atoms with Crippen molar-refractivity contribution in [2.75, 3.05) is 7.11 Å². The fraction of sp³-hybridized carbons (Fsp3) is 0.200. The summed E-state index contributed by atoms with van der Waals surface area (Å²) in [4.78, 5) is 0. The number of rotatable bonds is 7. The van der Waals surface area contributed by atoms with Gasteiger partial charge in [0.05, 0.1) is 7.11 Å². The first-order valence-corrected chi connectivity index (χ1v) is 6.86. The average molecular weight is 279 g/mol. The van der Waals surface area contributed by atoms with E-state index in [1.165, 1.54) is 7.11 Å². The molecule has 7 radical (unpaired) electrons. The van der Waals surface area contributed by atoms with Gasteiger partial charge >= 0.3 is 10.0 Å². The Labute approximate surface area is 109 Å². The van der Waals surface area contributed by atoms with E-state index < -0.39 is 0 Å². The largest absolute Gasteiger partial charge is 0.504 e. The Kier molecular flexibility index (Phi) is 6.22. The molecule has 87 valence electrons. The molecule has 0 aliphatic carbocycles. The van der Waals surface area contributed by atoms with Crippen LogP contribution in [-0.4, -0.2) is 42.5 Å². The predicted molar refractivity (Wildman–Crippen MR) is 67.6 cm³/mol. The van der Waals surface area contributed by atoms with Crippen LogP contribution in [0.1, 0.15) is 5.56 Å². The molecule has 0 saturated heterocycles. The smallest absolute Gasteiger partial charge is 0.409 e. The molecule has 0 aliphatic rings. The Morgan fingerprint density at radius 2 is 2.29 bits per heavy atom. The number of benzene rings is 1. The Balaban J connectivity index is 2.91. The van der Waals surface area contributed by atoms with Crippen LogP contribution in [0.3, 0.4) is 0 Å². The summed E-state index contributed by atoms with van der Waals surface area (Å²) in [6.45, 7) is 3.68. The first-order valence-electron chi connectivity index (χ1n) is 4.73. The lowest BCUT2D eigenvalue weighted by molar-refractivity contribution is 0.374. The highest BCUT2D eigenvalue weighted by Crippen LogP contribution is 2.24. The molecule has 4 nitrogen and oxygen atoms in total. The Hall–Kier alpha value is -0.869. The molecule has 17 heavy (non-hydrogen) atoms. The maximum atomic E-state index is 9.91. The SMILES string of the molecule is C=CCc1cc(OC)c(O)c([Si]O[Si]O[Si])c1. The standard InChI is InChI=1S/C10H11O4Si3/c1-3-4-7-5-8(12-2)10(11)9(6-7)16-14-17-13-15/h3,5-6,11H,1,4H2,2H3. The van der Waals surface area contributed by atoms with E-state index in [9.17, 15) is 5.11 Å². The summed E-state index contributed by atoms with van der Waals surface area (Å²) in [5.74, 6) is 0.551. The molecule has 0 saturated carbocycles. The van der Waals surface area contributed by atoms with Gasteiger partial charge in [0.25, 0.3) is 9.76 Å². The molecule has 0 amide bonds. The molecule has 0 aromatic heterocycles. The van der Waals surface area contributed by atoms with Gasteiger partial charge < -0.3 is 18.1 Å². The number of allylic oxidation sites excluding steroid dienone is 1. The monoisotopic (exact) mass is 279 g/mol. The van der Waals surface area contributed by atoms with Crippen LogP contribution in [-0.2, 0) is 14.7 Å². The highest BCUT2D eigenvalue weighted by atomic mass is 28.3. The van der Waals surface area contributed by atoms with Crippen LogP contribution in [0.25, 0.3) is 0 Å². The summed E-state index contributed by atoms with van der Waals surface area (Å²) in [7, 11) is 4.25. The van der Waals surface area contributed by atoms with Crippen molar-refractivity contribution >= 4 is 35.4 Å². The van der Waals surface area contributed by atoms with Gasteiger partial charge in [-0.05, 0) is 18.1 Å². The van der Waals surface area contributed by atoms with E-state index in [0.29, 0.717) is 17.4 Å². The van der Waals surface area contributed by atoms with Gasteiger partial charge in [-0.1, -0.05) is 12.1 Å². The molecule has 0 atom stereocenters. The maximum Gasteiger partial charge on any atom is 0.409 e. The maximum absolute atomic E-state index is 9.91. The molecule has 0 bridgehead atoms. The first kappa shape index (κ1) is 14.2. The van der Waals surface area contributed by atoms with Crippen molar-refractivity contribution < 1.29 is 18.1 Å². The van der Waals surface area contributed by atoms with Crippen LogP contribution in [0.2, 0.25) is 0 Å². The molecule has 0 heterocycles. The summed E-state index contributed by atoms with van der Waals surface area (Å²) in [5, 5.41) is 10.6. The molecular weight excluding hydrogens is 268 g/mol. The topological polar surface area (TPSA) is 47.9 Å². The fourth-order valence-corrected chi connectivity index (χ4v) is 2.89. The average Bonchev–Trinajstić information content (AvgIpc) is 2.33. The van der Waals surface area contributed by atoms with E-state index in [1.54, 1.807) is 12.1 Å². The van der Waals surface area contributed by atoms with Crippen molar-refractivity contribution in [1.82, 2.24) is 0 Å². The number of methoxy groups -OCH3 is 1. The first-order chi connectivity index (χ1) is 8.22. The van der Waals surface area contributed by atoms with Crippen LogP contribution in [0, 0.1) is 0 Å². The van der Waals surface area contributed by atoms with Crippen LogP contribution < -0.4 is 9.92 Å². The zero-order valence-corrected chi connectivity index (χ0v) is 12.3. The molecule has 7 heteroatoms. The summed E-state index contributed by atoms with van der Waals surface area (Å²) in [6, 6.07) is 3.66. The number of phenolic OH excluding ortho intramolecular Hbond substituents is 1. The Morgan fingerprint density at radius 3 is 2.88 bits per heavy atom. The number of ether oxygens (including phenoxy) is 1. The molecule has 0 fully saturated rings. The van der Waals surface area contributed by atoms with Crippen LogP contribution in [0.15, 0.2) is 24.8 Å². The van der Waals surface area contributed by atoms with E-state index in [1.807, 2.05) is 6.07 Å². The lowest BCUT2D eigenvalue weighted by Gasteiger charge is -2.10. The number of aromatic hydroxyl groups is 1. The second-order valence-corrected chi connectivity index (χ2v) is 5.62. The zero-order valence-electron chi connectivity index (χ0n) is 9.32. The van der Waals surface area contributed by atoms with Gasteiger partial charge in [0.2, 0.25) is 10.5 Å². The van der Waals surface area contributed by atoms with Crippen LogP contribution in [0.4, 0.5) is 0 Å². The van der Waals surface area contributed by atoms with E-state index in [4.69, 9.17) is 8.85 Å². The molecule has 0 spiro atoms. The second-order valence-electron chi connectivity index (χ2n) is 3.08. The molecule has 1 N–H and O–H groups in total. The van der Waals surface area contributed by atoms with E-state index in [0.717, 1.165) is 5.56 Å². The zero-order chi connectivity index (χ0) is 12.7. The van der Waals surface area contributed by atoms with Crippen molar-refractivity contribution in [1.29, 1.82) is 0 Å². The fourth-order valence-electron chi connectivity index (χ4n) is 1.28. The van der Waals surface area contributed by atoms with Gasteiger partial charge in [-0.25, -0.2) is 0 Å². The lowest BCUT2D eigenvalue weighted by Crippen LogP contribution is -2.21. The molecule has 0 unspecified atom stereocenters. The summed E-state index contributed by atoms with van der Waals surface area (Å²) < 4.78 is 15.0. The molecule has 1 aromatic rings. The summed E-state index contributed by atoms with van der Waals surface area (Å²) in [6.07, 6.45) is 2.51. The van der Waals surface area contributed by atoms with Crippen LogP contribution in [0.5, 0.6) is 11.5 Å². The normalized spacial score (nSPS) is 10.2. The molecule has 1 aromatic carbocycles. The van der Waals surface area contributed by atoms with Crippen molar-refractivity contribution in [2.45, 2.75) is 6.42 Å². The second kappa shape index (κ2) is 7.46. The third kappa shape index (κ3) is 4.13. The minimum Gasteiger partial charge on any atom is -0.504 e. The van der Waals surface area contributed by atoms with Crippen molar-refractivity contribution in [2.24, 2.45) is 0 Å². The van der Waals surface area contributed by atoms with Crippen molar-refractivity contribution in [3.8, 4) is 11.5 Å². The molecule has 1 rings (SSSR count). The van der Waals surface area contributed by atoms with E-state index >= 15 is 0 Å². The molecular formula is C10H11O4Si3. The minimum absolute atomic E-state index is 0.00232. The third-order valence-corrected chi connectivity index (χ3v) is 3.65. The lowest BCUT2D eigenvalue weighted by atomic mass is 10.1. The predicted octanol–water partition coefficient (Wildman–Crippen LogP) is 0.0247. The third-order valence-electron chi connectivity index (χ3n) is 1.98. The quantitative estimate of drug-likeness (QED) is 0.434. The Bertz CT molecular complexity index is 384. The van der Waals surface area contributed by atoms with Gasteiger partial charge in [-0.3, -0.25) is 0 Å². The van der Waals surface area contributed by atoms with Gasteiger partial charge in [0, 0.05) is 5.19 Å². The van der Waals surface area contributed by atoms with Gasteiger partial charge in [0.1, 0.15) is 0 Å². The van der Waals surface area contributed by atoms with Crippen molar-refractivity contribution in [3.05, 3.63) is 30.4 Å². The minimum atomic E-state index is -0.114. The highest BCUT2D eigenvalue weighted by Gasteiger charge is 2.12.